The van der Waals surface area contributed by atoms with Crippen molar-refractivity contribution in [2.24, 2.45) is 5.92 Å². The van der Waals surface area contributed by atoms with Crippen molar-refractivity contribution < 1.29 is 18.7 Å². The van der Waals surface area contributed by atoms with Crippen LogP contribution in [-0.4, -0.2) is 53.1 Å². The lowest BCUT2D eigenvalue weighted by atomic mass is 9.94. The van der Waals surface area contributed by atoms with Gasteiger partial charge >= 0.3 is 0 Å². The molecule has 2 aromatic carbocycles. The Bertz CT molecular complexity index is 1390. The smallest absolute Gasteiger partial charge is 0.224 e. The molecule has 4 aromatic rings. The fraction of sp³-hybridized carbons (Fsp3) is 0.310. The number of benzene rings is 2. The van der Waals surface area contributed by atoms with Crippen molar-refractivity contribution in [2.75, 3.05) is 27.3 Å². The van der Waals surface area contributed by atoms with E-state index in [1.54, 1.807) is 18.2 Å². The molecular weight excluding hydrogens is 485 g/mol. The number of piperidine rings is 1. The Morgan fingerprint density at radius 1 is 0.974 bits per heavy atom. The number of pyridine rings is 1. The van der Waals surface area contributed by atoms with Gasteiger partial charge in [-0.05, 0) is 55.8 Å². The molecule has 2 aromatic heterocycles. The van der Waals surface area contributed by atoms with E-state index in [1.165, 1.54) is 26.4 Å². The van der Waals surface area contributed by atoms with Gasteiger partial charge in [-0.1, -0.05) is 36.4 Å². The summed E-state index contributed by atoms with van der Waals surface area (Å²) in [7, 11) is 3.00. The van der Waals surface area contributed by atoms with E-state index in [1.807, 2.05) is 18.2 Å². The molecule has 1 fully saturated rings. The number of fused-ring (bicyclic) bond motifs is 1. The summed E-state index contributed by atoms with van der Waals surface area (Å²) in [6.07, 6.45) is 1.44. The highest BCUT2D eigenvalue weighted by Crippen LogP contribution is 2.27. The second kappa shape index (κ2) is 11.5. The van der Waals surface area contributed by atoms with Gasteiger partial charge in [0.25, 0.3) is 0 Å². The lowest BCUT2D eigenvalue weighted by Gasteiger charge is -2.32. The fourth-order valence-electron chi connectivity index (χ4n) is 4.75. The molecular formula is C29H30FN5O3. The highest BCUT2D eigenvalue weighted by Gasteiger charge is 2.29. The number of nitrogens with one attached hydrogen (secondary N) is 1. The van der Waals surface area contributed by atoms with Gasteiger partial charge in [0.05, 0.1) is 31.5 Å². The van der Waals surface area contributed by atoms with Crippen LogP contribution in [0.1, 0.15) is 36.0 Å². The van der Waals surface area contributed by atoms with E-state index in [2.05, 4.69) is 38.4 Å². The molecule has 8 nitrogen and oxygen atoms in total. The van der Waals surface area contributed by atoms with E-state index in [4.69, 9.17) is 14.5 Å². The number of carbonyl (C=O) groups is 1. The van der Waals surface area contributed by atoms with Crippen molar-refractivity contribution in [1.82, 2.24) is 25.2 Å². The largest absolute Gasteiger partial charge is 0.481 e. The molecule has 1 amide bonds. The van der Waals surface area contributed by atoms with Gasteiger partial charge in [-0.15, -0.1) is 0 Å². The quantitative estimate of drug-likeness (QED) is 0.374. The minimum absolute atomic E-state index is 0.0896. The molecule has 196 valence electrons. The highest BCUT2D eigenvalue weighted by atomic mass is 19.1. The third kappa shape index (κ3) is 5.89. The van der Waals surface area contributed by atoms with Gasteiger partial charge in [0.2, 0.25) is 17.7 Å². The van der Waals surface area contributed by atoms with Crippen molar-refractivity contribution in [1.29, 1.82) is 0 Å². The number of ether oxygens (including phenoxy) is 2. The van der Waals surface area contributed by atoms with E-state index >= 15 is 0 Å². The summed E-state index contributed by atoms with van der Waals surface area (Å²) in [4.78, 5) is 29.4. The van der Waals surface area contributed by atoms with Gasteiger partial charge in [0.1, 0.15) is 11.9 Å². The van der Waals surface area contributed by atoms with E-state index in [0.717, 1.165) is 49.1 Å². The summed E-state index contributed by atoms with van der Waals surface area (Å²) in [5.74, 6) is 0.310. The Labute approximate surface area is 220 Å². The number of nitrogens with zero attached hydrogens (tertiary/aromatic N) is 4. The fourth-order valence-corrected chi connectivity index (χ4v) is 4.75. The molecule has 0 radical (unpaired) electrons. The van der Waals surface area contributed by atoms with Crippen LogP contribution in [-0.2, 0) is 11.3 Å². The Balaban J connectivity index is 1.27. The van der Waals surface area contributed by atoms with Crippen molar-refractivity contribution in [3.63, 3.8) is 0 Å². The molecule has 0 bridgehead atoms. The Kier molecular flexibility index (Phi) is 7.74. The van der Waals surface area contributed by atoms with Gasteiger partial charge < -0.3 is 14.8 Å². The molecule has 9 heteroatoms. The summed E-state index contributed by atoms with van der Waals surface area (Å²) in [5.41, 5.74) is 2.67. The van der Waals surface area contributed by atoms with Crippen LogP contribution in [0, 0.1) is 11.7 Å². The predicted molar refractivity (Wildman–Crippen MR) is 141 cm³/mol. The third-order valence-corrected chi connectivity index (χ3v) is 6.86. The molecule has 38 heavy (non-hydrogen) atoms. The van der Waals surface area contributed by atoms with Crippen LogP contribution in [0.3, 0.4) is 0 Å². The van der Waals surface area contributed by atoms with E-state index in [0.29, 0.717) is 23.1 Å². The maximum absolute atomic E-state index is 13.6. The first-order valence-electron chi connectivity index (χ1n) is 12.6. The summed E-state index contributed by atoms with van der Waals surface area (Å²) < 4.78 is 24.2. The first-order chi connectivity index (χ1) is 18.5. The van der Waals surface area contributed by atoms with Crippen molar-refractivity contribution in [3.8, 4) is 11.8 Å². The highest BCUT2D eigenvalue weighted by molar-refractivity contribution is 5.80. The van der Waals surface area contributed by atoms with Gasteiger partial charge in [-0.2, -0.15) is 9.97 Å². The number of aromatic nitrogens is 3. The average Bonchev–Trinajstić information content (AvgIpc) is 2.96. The molecule has 1 atom stereocenters. The number of methoxy groups -OCH3 is 2. The third-order valence-electron chi connectivity index (χ3n) is 6.86. The van der Waals surface area contributed by atoms with Crippen molar-refractivity contribution >= 4 is 16.8 Å². The molecule has 5 rings (SSSR count). The number of hydrogen-bond acceptors (Lipinski definition) is 7. The lowest BCUT2D eigenvalue weighted by molar-refractivity contribution is -0.127. The SMILES string of the molecule is COc1cc(OC)nc(C(NC(=O)C2CCN(Cc3ccc4ccccc4n3)CC2)c2ccc(F)cc2)n1. The lowest BCUT2D eigenvalue weighted by Crippen LogP contribution is -2.42. The molecule has 0 saturated carbocycles. The maximum atomic E-state index is 13.6. The number of rotatable bonds is 8. The van der Waals surface area contributed by atoms with Gasteiger partial charge in [0.15, 0.2) is 5.82 Å². The molecule has 0 spiro atoms. The van der Waals surface area contributed by atoms with Gasteiger partial charge in [0, 0.05) is 17.8 Å². The van der Waals surface area contributed by atoms with Crippen LogP contribution in [0.25, 0.3) is 10.9 Å². The summed E-state index contributed by atoms with van der Waals surface area (Å²) >= 11 is 0. The van der Waals surface area contributed by atoms with Crippen LogP contribution in [0.2, 0.25) is 0 Å². The van der Waals surface area contributed by atoms with Gasteiger partial charge in [-0.3, -0.25) is 14.7 Å². The first-order valence-corrected chi connectivity index (χ1v) is 12.6. The van der Waals surface area contributed by atoms with Crippen LogP contribution < -0.4 is 14.8 Å². The molecule has 1 saturated heterocycles. The number of amides is 1. The summed E-state index contributed by atoms with van der Waals surface area (Å²) in [6.45, 7) is 2.32. The van der Waals surface area contributed by atoms with Crippen LogP contribution in [0.4, 0.5) is 4.39 Å². The Morgan fingerprint density at radius 2 is 1.66 bits per heavy atom. The zero-order chi connectivity index (χ0) is 26.5. The normalized spacial score (nSPS) is 15.2. The molecule has 1 aliphatic rings. The molecule has 0 aliphatic carbocycles. The standard InChI is InChI=1S/C29H30FN5O3/c1-37-25-17-26(38-2)33-28(32-25)27(20-7-10-22(30)11-8-20)34-29(36)21-13-15-35(16-14-21)18-23-12-9-19-5-3-4-6-24(19)31-23/h3-12,17,21,27H,13-16,18H2,1-2H3,(H,34,36). The van der Waals surface area contributed by atoms with Crippen LogP contribution in [0.15, 0.2) is 66.7 Å². The minimum atomic E-state index is -0.688. The number of carbonyl (C=O) groups excluding carboxylic acids is 1. The molecule has 3 heterocycles. The molecule has 1 aliphatic heterocycles. The number of halogens is 1. The van der Waals surface area contributed by atoms with E-state index in [-0.39, 0.29) is 17.6 Å². The van der Waals surface area contributed by atoms with Crippen molar-refractivity contribution in [3.05, 3.63) is 89.6 Å². The van der Waals surface area contributed by atoms with Gasteiger partial charge in [-0.25, -0.2) is 4.39 Å². The topological polar surface area (TPSA) is 89.5 Å². The Morgan fingerprint density at radius 3 is 2.34 bits per heavy atom. The van der Waals surface area contributed by atoms with E-state index < -0.39 is 6.04 Å². The zero-order valence-corrected chi connectivity index (χ0v) is 21.4. The average molecular weight is 516 g/mol. The van der Waals surface area contributed by atoms with Crippen LogP contribution >= 0.6 is 0 Å². The summed E-state index contributed by atoms with van der Waals surface area (Å²) in [5, 5.41) is 4.22. The summed E-state index contributed by atoms with van der Waals surface area (Å²) in [6, 6.07) is 19.1. The Hall–Kier alpha value is -4.11. The molecule has 1 N–H and O–H groups in total. The number of hydrogen-bond donors (Lipinski definition) is 1. The second-order valence-electron chi connectivity index (χ2n) is 9.35. The second-order valence-corrected chi connectivity index (χ2v) is 9.35. The zero-order valence-electron chi connectivity index (χ0n) is 21.4. The maximum Gasteiger partial charge on any atom is 0.224 e. The number of likely N-dealkylation sites (tertiary alicyclic amines) is 1. The number of para-hydroxylation sites is 1. The van der Waals surface area contributed by atoms with Crippen molar-refractivity contribution in [2.45, 2.75) is 25.4 Å². The van der Waals surface area contributed by atoms with E-state index in [9.17, 15) is 9.18 Å². The first kappa shape index (κ1) is 25.5. The molecule has 1 unspecified atom stereocenters. The van der Waals surface area contributed by atoms with Crippen LogP contribution in [0.5, 0.6) is 11.8 Å². The minimum Gasteiger partial charge on any atom is -0.481 e. The predicted octanol–water partition coefficient (Wildman–Crippen LogP) is 4.30. The monoisotopic (exact) mass is 515 g/mol.